The topological polar surface area (TPSA) is 38.1 Å². The molecule has 18 heavy (non-hydrogen) atoms. The summed E-state index contributed by atoms with van der Waals surface area (Å²) in [6, 6.07) is 9.46. The molecule has 0 saturated carbocycles. The van der Waals surface area contributed by atoms with Crippen molar-refractivity contribution in [3.8, 4) is 5.69 Å². The van der Waals surface area contributed by atoms with Gasteiger partial charge in [-0.1, -0.05) is 6.07 Å². The summed E-state index contributed by atoms with van der Waals surface area (Å²) < 4.78 is 1.76. The van der Waals surface area contributed by atoms with Gasteiger partial charge in [0.15, 0.2) is 0 Å². The highest BCUT2D eigenvalue weighted by Gasteiger charge is 2.19. The van der Waals surface area contributed by atoms with E-state index in [4.69, 9.17) is 0 Å². The fourth-order valence-corrected chi connectivity index (χ4v) is 2.91. The molecule has 0 atom stereocenters. The summed E-state index contributed by atoms with van der Waals surface area (Å²) in [5.41, 5.74) is 1.64. The Morgan fingerprint density at radius 1 is 1.33 bits per heavy atom. The van der Waals surface area contributed by atoms with Crippen LogP contribution in [0.15, 0.2) is 42.7 Å². The predicted molar refractivity (Wildman–Crippen MR) is 71.9 cm³/mol. The summed E-state index contributed by atoms with van der Waals surface area (Å²) in [7, 11) is 0. The number of amides is 1. The van der Waals surface area contributed by atoms with E-state index in [1.165, 1.54) is 0 Å². The van der Waals surface area contributed by atoms with Crippen molar-refractivity contribution in [2.45, 2.75) is 0 Å². The summed E-state index contributed by atoms with van der Waals surface area (Å²) in [6.45, 7) is 0.843. The van der Waals surface area contributed by atoms with Crippen LogP contribution in [0.1, 0.15) is 10.4 Å². The molecule has 1 fully saturated rings. The van der Waals surface area contributed by atoms with Gasteiger partial charge in [-0.2, -0.15) is 5.10 Å². The zero-order valence-corrected chi connectivity index (χ0v) is 10.6. The number of carbonyl (C=O) groups excluding carboxylic acids is 1. The third-order valence-electron chi connectivity index (χ3n) is 2.90. The molecule has 0 radical (unpaired) electrons. The monoisotopic (exact) mass is 259 g/mol. The minimum absolute atomic E-state index is 0.106. The predicted octanol–water partition coefficient (Wildman–Crippen LogP) is 2.02. The van der Waals surface area contributed by atoms with Crippen LogP contribution in [0.25, 0.3) is 5.69 Å². The molecule has 1 aromatic heterocycles. The molecule has 0 N–H and O–H groups in total. The van der Waals surface area contributed by atoms with Crippen molar-refractivity contribution in [1.82, 2.24) is 14.7 Å². The smallest absolute Gasteiger partial charge is 0.254 e. The third kappa shape index (κ3) is 2.13. The van der Waals surface area contributed by atoms with Gasteiger partial charge in [0, 0.05) is 30.3 Å². The number of hydrogen-bond acceptors (Lipinski definition) is 3. The Morgan fingerprint density at radius 2 is 2.28 bits per heavy atom. The molecule has 1 aromatic carbocycles. The van der Waals surface area contributed by atoms with E-state index in [2.05, 4.69) is 5.10 Å². The first-order valence-electron chi connectivity index (χ1n) is 5.82. The van der Waals surface area contributed by atoms with Gasteiger partial charge in [-0.25, -0.2) is 4.68 Å². The minimum atomic E-state index is 0.106. The van der Waals surface area contributed by atoms with Gasteiger partial charge < -0.3 is 4.90 Å². The first-order valence-corrected chi connectivity index (χ1v) is 6.97. The molecule has 3 rings (SSSR count). The molecule has 0 bridgehead atoms. The highest BCUT2D eigenvalue weighted by atomic mass is 32.2. The van der Waals surface area contributed by atoms with Crippen LogP contribution >= 0.6 is 11.8 Å². The van der Waals surface area contributed by atoms with Crippen LogP contribution in [0, 0.1) is 0 Å². The quantitative estimate of drug-likeness (QED) is 0.828. The second-order valence-electron chi connectivity index (χ2n) is 4.11. The fourth-order valence-electron chi connectivity index (χ4n) is 1.96. The molecule has 1 aliphatic rings. The van der Waals surface area contributed by atoms with E-state index in [1.807, 2.05) is 41.4 Å². The maximum absolute atomic E-state index is 12.3. The number of carbonyl (C=O) groups is 1. The van der Waals surface area contributed by atoms with Crippen LogP contribution in [0.2, 0.25) is 0 Å². The highest BCUT2D eigenvalue weighted by molar-refractivity contribution is 7.99. The zero-order chi connectivity index (χ0) is 12.4. The van der Waals surface area contributed by atoms with Gasteiger partial charge in [0.25, 0.3) is 5.91 Å². The summed E-state index contributed by atoms with van der Waals surface area (Å²) in [5, 5.41) is 4.17. The summed E-state index contributed by atoms with van der Waals surface area (Å²) >= 11 is 1.79. The normalized spacial score (nSPS) is 15.0. The van der Waals surface area contributed by atoms with Crippen LogP contribution < -0.4 is 0 Å². The van der Waals surface area contributed by atoms with Gasteiger partial charge >= 0.3 is 0 Å². The van der Waals surface area contributed by atoms with Gasteiger partial charge in [0.2, 0.25) is 0 Å². The van der Waals surface area contributed by atoms with Gasteiger partial charge in [0.05, 0.1) is 11.6 Å². The van der Waals surface area contributed by atoms with E-state index < -0.39 is 0 Å². The average molecular weight is 259 g/mol. The summed E-state index contributed by atoms with van der Waals surface area (Å²) in [4.78, 5) is 14.1. The molecule has 92 valence electrons. The minimum Gasteiger partial charge on any atom is -0.329 e. The number of benzene rings is 1. The SMILES string of the molecule is O=C(c1cccc(-n2cccn2)c1)N1CCSC1. The lowest BCUT2D eigenvalue weighted by atomic mass is 10.2. The lowest BCUT2D eigenvalue weighted by Crippen LogP contribution is -2.27. The summed E-state index contributed by atoms with van der Waals surface area (Å²) in [6.07, 6.45) is 3.60. The maximum Gasteiger partial charge on any atom is 0.254 e. The van der Waals surface area contributed by atoms with E-state index in [0.29, 0.717) is 0 Å². The lowest BCUT2D eigenvalue weighted by molar-refractivity contribution is 0.0802. The average Bonchev–Trinajstić information content (AvgIpc) is 3.11. The third-order valence-corrected chi connectivity index (χ3v) is 3.87. The molecule has 2 heterocycles. The number of rotatable bonds is 2. The van der Waals surface area contributed by atoms with Crippen molar-refractivity contribution in [3.63, 3.8) is 0 Å². The van der Waals surface area contributed by atoms with Gasteiger partial charge in [-0.15, -0.1) is 11.8 Å². The zero-order valence-electron chi connectivity index (χ0n) is 9.82. The van der Waals surface area contributed by atoms with E-state index in [-0.39, 0.29) is 5.91 Å². The molecule has 1 saturated heterocycles. The molecule has 0 unspecified atom stereocenters. The number of hydrogen-bond donors (Lipinski definition) is 0. The molecule has 0 spiro atoms. The van der Waals surface area contributed by atoms with Crippen molar-refractivity contribution >= 4 is 17.7 Å². The van der Waals surface area contributed by atoms with Crippen LogP contribution in [0.4, 0.5) is 0 Å². The molecular weight excluding hydrogens is 246 g/mol. The van der Waals surface area contributed by atoms with E-state index in [9.17, 15) is 4.79 Å². The molecular formula is C13H13N3OS. The van der Waals surface area contributed by atoms with Crippen molar-refractivity contribution in [2.75, 3.05) is 18.2 Å². The van der Waals surface area contributed by atoms with Crippen molar-refractivity contribution in [3.05, 3.63) is 48.3 Å². The number of aromatic nitrogens is 2. The first-order chi connectivity index (χ1) is 8.84. The second-order valence-corrected chi connectivity index (χ2v) is 5.18. The Kier molecular flexibility index (Phi) is 3.06. The Hall–Kier alpha value is -1.75. The molecule has 2 aromatic rings. The van der Waals surface area contributed by atoms with Crippen LogP contribution in [-0.2, 0) is 0 Å². The number of nitrogens with zero attached hydrogens (tertiary/aromatic N) is 3. The Bertz CT molecular complexity index is 547. The molecule has 1 aliphatic heterocycles. The number of thioether (sulfide) groups is 1. The Balaban J connectivity index is 1.89. The van der Waals surface area contributed by atoms with Crippen molar-refractivity contribution in [1.29, 1.82) is 0 Å². The van der Waals surface area contributed by atoms with Gasteiger partial charge in [0.1, 0.15) is 0 Å². The van der Waals surface area contributed by atoms with Crippen LogP contribution in [0.5, 0.6) is 0 Å². The molecule has 1 amide bonds. The lowest BCUT2D eigenvalue weighted by Gasteiger charge is -2.14. The fraction of sp³-hybridized carbons (Fsp3) is 0.231. The summed E-state index contributed by atoms with van der Waals surface area (Å²) in [5.74, 6) is 1.93. The highest BCUT2D eigenvalue weighted by Crippen LogP contribution is 2.18. The first kappa shape index (κ1) is 11.3. The van der Waals surface area contributed by atoms with E-state index >= 15 is 0 Å². The molecule has 5 heteroatoms. The Morgan fingerprint density at radius 3 is 3.00 bits per heavy atom. The van der Waals surface area contributed by atoms with Gasteiger partial charge in [-0.05, 0) is 24.3 Å². The van der Waals surface area contributed by atoms with Gasteiger partial charge in [-0.3, -0.25) is 4.79 Å². The van der Waals surface area contributed by atoms with Crippen molar-refractivity contribution in [2.24, 2.45) is 0 Å². The van der Waals surface area contributed by atoms with Crippen LogP contribution in [0.3, 0.4) is 0 Å². The Labute approximate surface area is 110 Å². The van der Waals surface area contributed by atoms with Crippen LogP contribution in [-0.4, -0.2) is 38.8 Å². The molecule has 4 nitrogen and oxygen atoms in total. The largest absolute Gasteiger partial charge is 0.329 e. The van der Waals surface area contributed by atoms with E-state index in [1.54, 1.807) is 22.6 Å². The maximum atomic E-state index is 12.3. The standard InChI is InChI=1S/C13H13N3OS/c17-13(15-7-8-18-10-15)11-3-1-4-12(9-11)16-6-2-5-14-16/h1-6,9H,7-8,10H2. The molecule has 0 aliphatic carbocycles. The van der Waals surface area contributed by atoms with E-state index in [0.717, 1.165) is 29.4 Å². The van der Waals surface area contributed by atoms with Crippen molar-refractivity contribution < 1.29 is 4.79 Å². The second kappa shape index (κ2) is 4.86.